The molecule has 0 bridgehead atoms. The predicted octanol–water partition coefficient (Wildman–Crippen LogP) is 1.86. The number of rotatable bonds is 8. The topological polar surface area (TPSA) is 35.5 Å². The van der Waals surface area contributed by atoms with Crippen LogP contribution in [0.15, 0.2) is 0 Å². The summed E-state index contributed by atoms with van der Waals surface area (Å²) < 4.78 is 0. The quantitative estimate of drug-likeness (QED) is 0.682. The molecule has 1 aliphatic rings. The maximum absolute atomic E-state index is 9.50. The second-order valence-corrected chi connectivity index (χ2v) is 5.59. The number of nitrogens with zero attached hydrogens (tertiary/aromatic N) is 1. The number of hydrogen-bond acceptors (Lipinski definition) is 3. The molecule has 1 aliphatic heterocycles. The summed E-state index contributed by atoms with van der Waals surface area (Å²) in [6.45, 7) is 11.4. The van der Waals surface area contributed by atoms with E-state index in [0.29, 0.717) is 12.6 Å². The molecule has 1 atom stereocenters. The molecule has 1 heterocycles. The van der Waals surface area contributed by atoms with Gasteiger partial charge in [-0.3, -0.25) is 4.90 Å². The van der Waals surface area contributed by atoms with Gasteiger partial charge in [-0.25, -0.2) is 0 Å². The predicted molar refractivity (Wildman–Crippen MR) is 73.2 cm³/mol. The molecule has 1 fully saturated rings. The molecule has 102 valence electrons. The summed E-state index contributed by atoms with van der Waals surface area (Å²) >= 11 is 0. The number of aliphatic hydroxyl groups is 1. The van der Waals surface area contributed by atoms with E-state index in [2.05, 4.69) is 31.0 Å². The van der Waals surface area contributed by atoms with Crippen LogP contribution in [0.5, 0.6) is 0 Å². The van der Waals surface area contributed by atoms with Crippen LogP contribution in [0.3, 0.4) is 0 Å². The summed E-state index contributed by atoms with van der Waals surface area (Å²) in [7, 11) is 0. The molecule has 0 aliphatic carbocycles. The maximum Gasteiger partial charge on any atom is 0.0499 e. The molecule has 0 aromatic rings. The molecule has 0 amide bonds. The van der Waals surface area contributed by atoms with Crippen LogP contribution in [0, 0.1) is 5.41 Å². The van der Waals surface area contributed by atoms with Crippen LogP contribution in [0.2, 0.25) is 0 Å². The Hall–Kier alpha value is -0.120. The molecule has 1 unspecified atom stereocenters. The lowest BCUT2D eigenvalue weighted by atomic mass is 9.83. The average molecular weight is 242 g/mol. The van der Waals surface area contributed by atoms with Gasteiger partial charge in [-0.2, -0.15) is 0 Å². The standard InChI is InChI=1S/C14H30N2O/c1-4-14(5-2,12-17)11-15-10-13(3)16-8-6-7-9-16/h13,15,17H,4-12H2,1-3H3. The van der Waals surface area contributed by atoms with Crippen LogP contribution in [0.4, 0.5) is 0 Å². The Labute approximate surface area is 107 Å². The third-order valence-corrected chi connectivity index (χ3v) is 4.54. The zero-order chi connectivity index (χ0) is 12.7. The van der Waals surface area contributed by atoms with Crippen molar-refractivity contribution in [2.24, 2.45) is 5.41 Å². The molecular weight excluding hydrogens is 212 g/mol. The summed E-state index contributed by atoms with van der Waals surface area (Å²) in [5.41, 5.74) is 0.0880. The van der Waals surface area contributed by atoms with Crippen LogP contribution in [0.1, 0.15) is 46.5 Å². The van der Waals surface area contributed by atoms with Crippen molar-refractivity contribution in [2.75, 3.05) is 32.8 Å². The molecule has 0 aromatic heterocycles. The van der Waals surface area contributed by atoms with Crippen molar-refractivity contribution in [1.82, 2.24) is 10.2 Å². The van der Waals surface area contributed by atoms with Crippen molar-refractivity contribution < 1.29 is 5.11 Å². The summed E-state index contributed by atoms with van der Waals surface area (Å²) in [5, 5.41) is 13.1. The van der Waals surface area contributed by atoms with Crippen molar-refractivity contribution >= 4 is 0 Å². The minimum absolute atomic E-state index is 0.0880. The lowest BCUT2D eigenvalue weighted by Crippen LogP contribution is -2.43. The number of aliphatic hydroxyl groups excluding tert-OH is 1. The molecule has 17 heavy (non-hydrogen) atoms. The van der Waals surface area contributed by atoms with Gasteiger partial charge in [-0.05, 0) is 45.7 Å². The minimum atomic E-state index is 0.0880. The molecule has 0 saturated carbocycles. The van der Waals surface area contributed by atoms with Gasteiger partial charge < -0.3 is 10.4 Å². The summed E-state index contributed by atoms with van der Waals surface area (Å²) in [6, 6.07) is 0.627. The first-order valence-corrected chi connectivity index (χ1v) is 7.23. The normalized spacial score (nSPS) is 19.8. The molecule has 0 spiro atoms. The van der Waals surface area contributed by atoms with Crippen molar-refractivity contribution in [1.29, 1.82) is 0 Å². The molecule has 0 radical (unpaired) electrons. The second kappa shape index (κ2) is 7.34. The maximum atomic E-state index is 9.50. The molecule has 1 saturated heterocycles. The van der Waals surface area contributed by atoms with Gasteiger partial charge in [0.15, 0.2) is 0 Å². The highest BCUT2D eigenvalue weighted by atomic mass is 16.3. The van der Waals surface area contributed by atoms with Crippen molar-refractivity contribution in [3.8, 4) is 0 Å². The third kappa shape index (κ3) is 4.23. The van der Waals surface area contributed by atoms with Crippen molar-refractivity contribution in [3.05, 3.63) is 0 Å². The largest absolute Gasteiger partial charge is 0.396 e. The number of likely N-dealkylation sites (tertiary alicyclic amines) is 1. The van der Waals surface area contributed by atoms with Gasteiger partial charge >= 0.3 is 0 Å². The molecule has 3 nitrogen and oxygen atoms in total. The zero-order valence-electron chi connectivity index (χ0n) is 11.8. The van der Waals surface area contributed by atoms with E-state index in [9.17, 15) is 5.11 Å². The van der Waals surface area contributed by atoms with E-state index in [0.717, 1.165) is 25.9 Å². The summed E-state index contributed by atoms with van der Waals surface area (Å²) in [5.74, 6) is 0. The molecule has 1 rings (SSSR count). The van der Waals surface area contributed by atoms with Crippen molar-refractivity contribution in [2.45, 2.75) is 52.5 Å². The van der Waals surface area contributed by atoms with Gasteiger partial charge in [0.05, 0.1) is 0 Å². The SMILES string of the molecule is CCC(CC)(CO)CNCC(C)N1CCCC1. The van der Waals surface area contributed by atoms with E-state index in [1.165, 1.54) is 25.9 Å². The van der Waals surface area contributed by atoms with Crippen LogP contribution in [-0.2, 0) is 0 Å². The fourth-order valence-corrected chi connectivity index (χ4v) is 2.64. The Bertz CT molecular complexity index is 190. The highest BCUT2D eigenvalue weighted by molar-refractivity contribution is 4.80. The van der Waals surface area contributed by atoms with Crippen LogP contribution < -0.4 is 5.32 Å². The number of hydrogen-bond donors (Lipinski definition) is 2. The molecule has 0 aromatic carbocycles. The fraction of sp³-hybridized carbons (Fsp3) is 1.00. The Morgan fingerprint density at radius 1 is 1.24 bits per heavy atom. The Balaban J connectivity index is 2.25. The Morgan fingerprint density at radius 3 is 2.29 bits per heavy atom. The first-order valence-electron chi connectivity index (χ1n) is 7.23. The van der Waals surface area contributed by atoms with Crippen molar-refractivity contribution in [3.63, 3.8) is 0 Å². The van der Waals surface area contributed by atoms with E-state index in [4.69, 9.17) is 0 Å². The average Bonchev–Trinajstić information content (AvgIpc) is 2.89. The van der Waals surface area contributed by atoms with E-state index in [-0.39, 0.29) is 5.41 Å². The molecular formula is C14H30N2O. The first kappa shape index (κ1) is 14.9. The highest BCUT2D eigenvalue weighted by Crippen LogP contribution is 2.24. The van der Waals surface area contributed by atoms with E-state index < -0.39 is 0 Å². The zero-order valence-corrected chi connectivity index (χ0v) is 11.8. The fourth-order valence-electron chi connectivity index (χ4n) is 2.64. The monoisotopic (exact) mass is 242 g/mol. The lowest BCUT2D eigenvalue weighted by Gasteiger charge is -2.31. The third-order valence-electron chi connectivity index (χ3n) is 4.54. The summed E-state index contributed by atoms with van der Waals surface area (Å²) in [4.78, 5) is 2.56. The van der Waals surface area contributed by atoms with E-state index >= 15 is 0 Å². The van der Waals surface area contributed by atoms with E-state index in [1.807, 2.05) is 0 Å². The molecule has 2 N–H and O–H groups in total. The van der Waals surface area contributed by atoms with Gasteiger partial charge in [0, 0.05) is 31.2 Å². The van der Waals surface area contributed by atoms with Gasteiger partial charge in [-0.1, -0.05) is 13.8 Å². The van der Waals surface area contributed by atoms with Gasteiger partial charge in [0.25, 0.3) is 0 Å². The van der Waals surface area contributed by atoms with Crippen LogP contribution in [0.25, 0.3) is 0 Å². The highest BCUT2D eigenvalue weighted by Gasteiger charge is 2.25. The Morgan fingerprint density at radius 2 is 1.82 bits per heavy atom. The Kier molecular flexibility index (Phi) is 6.45. The smallest absolute Gasteiger partial charge is 0.0499 e. The van der Waals surface area contributed by atoms with Crippen LogP contribution in [-0.4, -0.2) is 48.8 Å². The van der Waals surface area contributed by atoms with E-state index in [1.54, 1.807) is 0 Å². The molecule has 3 heteroatoms. The minimum Gasteiger partial charge on any atom is -0.396 e. The van der Waals surface area contributed by atoms with Gasteiger partial charge in [-0.15, -0.1) is 0 Å². The second-order valence-electron chi connectivity index (χ2n) is 5.59. The van der Waals surface area contributed by atoms with Gasteiger partial charge in [0.2, 0.25) is 0 Å². The number of nitrogens with one attached hydrogen (secondary N) is 1. The van der Waals surface area contributed by atoms with Gasteiger partial charge in [0.1, 0.15) is 0 Å². The first-order chi connectivity index (χ1) is 8.17. The summed E-state index contributed by atoms with van der Waals surface area (Å²) in [6.07, 6.45) is 4.81. The lowest BCUT2D eigenvalue weighted by molar-refractivity contribution is 0.110. The van der Waals surface area contributed by atoms with Crippen LogP contribution >= 0.6 is 0 Å².